The van der Waals surface area contributed by atoms with Crippen LogP contribution in [0.1, 0.15) is 33.6 Å². The van der Waals surface area contributed by atoms with Crippen molar-refractivity contribution in [3.05, 3.63) is 0 Å². The molecule has 3 nitrogen and oxygen atoms in total. The van der Waals surface area contributed by atoms with Crippen molar-refractivity contribution in [3.63, 3.8) is 0 Å². The first-order valence-electron chi connectivity index (χ1n) is 3.85. The molecule has 0 aliphatic heterocycles. The summed E-state index contributed by atoms with van der Waals surface area (Å²) in [5.41, 5.74) is 0. The van der Waals surface area contributed by atoms with E-state index in [1.54, 1.807) is 6.92 Å². The van der Waals surface area contributed by atoms with Gasteiger partial charge in [0.15, 0.2) is 0 Å². The van der Waals surface area contributed by atoms with Gasteiger partial charge in [0.05, 0.1) is 5.25 Å². The van der Waals surface area contributed by atoms with Gasteiger partial charge in [0.25, 0.3) is 0 Å². The number of nitrogens with two attached hydrogens (primary N) is 1. The predicted molar refractivity (Wildman–Crippen MR) is 46.6 cm³/mol. The third-order valence-corrected chi connectivity index (χ3v) is 3.07. The van der Waals surface area contributed by atoms with Crippen LogP contribution in [0, 0.1) is 5.92 Å². The summed E-state index contributed by atoms with van der Waals surface area (Å²) in [6.45, 7) is 5.78. The molecule has 2 N–H and O–H groups in total. The lowest BCUT2D eigenvalue weighted by atomic mass is 10.1. The molecule has 4 heteroatoms. The van der Waals surface area contributed by atoms with E-state index >= 15 is 0 Å². The molecule has 11 heavy (non-hydrogen) atoms. The fourth-order valence-electron chi connectivity index (χ4n) is 0.732. The molecule has 68 valence electrons. The molecule has 0 spiro atoms. The number of hydrogen-bond donors (Lipinski definition) is 1. The summed E-state index contributed by atoms with van der Waals surface area (Å²) in [4.78, 5) is 0. The van der Waals surface area contributed by atoms with Gasteiger partial charge < -0.3 is 0 Å². The molecular formula is C7H17NO2S. The predicted octanol–water partition coefficient (Wildman–Crippen LogP) is 1.10. The Labute approximate surface area is 69.0 Å². The maximum absolute atomic E-state index is 10.7. The van der Waals surface area contributed by atoms with E-state index in [0.717, 1.165) is 6.42 Å². The van der Waals surface area contributed by atoms with E-state index in [9.17, 15) is 8.42 Å². The zero-order valence-electron chi connectivity index (χ0n) is 7.37. The smallest absolute Gasteiger partial charge is 0.211 e. The molecule has 1 unspecified atom stereocenters. The molecule has 0 rings (SSSR count). The Hall–Kier alpha value is -0.0900. The minimum Gasteiger partial charge on any atom is -0.228 e. The summed E-state index contributed by atoms with van der Waals surface area (Å²) in [5, 5.41) is 4.54. The molecular weight excluding hydrogens is 162 g/mol. The van der Waals surface area contributed by atoms with Gasteiger partial charge in [-0.25, -0.2) is 13.6 Å². The summed E-state index contributed by atoms with van der Waals surface area (Å²) < 4.78 is 21.4. The molecule has 0 aromatic heterocycles. The molecule has 0 saturated carbocycles. The van der Waals surface area contributed by atoms with Crippen LogP contribution in [0.4, 0.5) is 0 Å². The van der Waals surface area contributed by atoms with Gasteiger partial charge in [0.2, 0.25) is 10.0 Å². The Bertz CT molecular complexity index is 196. The van der Waals surface area contributed by atoms with Gasteiger partial charge in [-0.2, -0.15) is 0 Å². The van der Waals surface area contributed by atoms with E-state index in [4.69, 9.17) is 5.14 Å². The van der Waals surface area contributed by atoms with Gasteiger partial charge in [-0.15, -0.1) is 0 Å². The first kappa shape index (κ1) is 10.9. The van der Waals surface area contributed by atoms with Crippen LogP contribution in [0.3, 0.4) is 0 Å². The Morgan fingerprint density at radius 2 is 1.64 bits per heavy atom. The Morgan fingerprint density at radius 3 is 1.91 bits per heavy atom. The van der Waals surface area contributed by atoms with Crippen LogP contribution >= 0.6 is 0 Å². The van der Waals surface area contributed by atoms with Crippen molar-refractivity contribution in [2.75, 3.05) is 0 Å². The molecule has 0 heterocycles. The zero-order chi connectivity index (χ0) is 9.07. The lowest BCUT2D eigenvalue weighted by Crippen LogP contribution is -2.25. The minimum absolute atomic E-state index is 0.398. The third kappa shape index (κ3) is 5.21. The van der Waals surface area contributed by atoms with Gasteiger partial charge in [-0.1, -0.05) is 13.8 Å². The second-order valence-electron chi connectivity index (χ2n) is 3.37. The number of sulfonamides is 1. The molecule has 0 aliphatic carbocycles. The van der Waals surface area contributed by atoms with Crippen LogP contribution < -0.4 is 5.14 Å². The molecule has 0 aromatic carbocycles. The summed E-state index contributed by atoms with van der Waals surface area (Å²) >= 11 is 0. The molecule has 0 fully saturated rings. The fraction of sp³-hybridized carbons (Fsp3) is 1.00. The fourth-order valence-corrected chi connectivity index (χ4v) is 1.20. The van der Waals surface area contributed by atoms with Crippen molar-refractivity contribution in [1.82, 2.24) is 0 Å². The van der Waals surface area contributed by atoms with Crippen LogP contribution in [0.2, 0.25) is 0 Å². The SMILES string of the molecule is CC(C)CCC(C)S(N)(=O)=O. The summed E-state index contributed by atoms with van der Waals surface area (Å²) in [6, 6.07) is 0. The van der Waals surface area contributed by atoms with Crippen LogP contribution in [0.5, 0.6) is 0 Å². The van der Waals surface area contributed by atoms with Gasteiger partial charge in [0.1, 0.15) is 0 Å². The van der Waals surface area contributed by atoms with Crippen LogP contribution in [-0.2, 0) is 10.0 Å². The van der Waals surface area contributed by atoms with Crippen molar-refractivity contribution in [2.45, 2.75) is 38.9 Å². The Morgan fingerprint density at radius 1 is 1.18 bits per heavy atom. The second kappa shape index (κ2) is 4.07. The lowest BCUT2D eigenvalue weighted by molar-refractivity contribution is 0.530. The highest BCUT2D eigenvalue weighted by atomic mass is 32.2. The maximum atomic E-state index is 10.7. The molecule has 0 aromatic rings. The van der Waals surface area contributed by atoms with E-state index in [1.165, 1.54) is 0 Å². The molecule has 0 radical (unpaired) electrons. The Balaban J connectivity index is 3.81. The number of primary sulfonamides is 1. The van der Waals surface area contributed by atoms with E-state index in [2.05, 4.69) is 13.8 Å². The molecule has 1 atom stereocenters. The quantitative estimate of drug-likeness (QED) is 0.702. The van der Waals surface area contributed by atoms with Crippen molar-refractivity contribution < 1.29 is 8.42 Å². The monoisotopic (exact) mass is 179 g/mol. The summed E-state index contributed by atoms with van der Waals surface area (Å²) in [6.07, 6.45) is 1.58. The highest BCUT2D eigenvalue weighted by molar-refractivity contribution is 7.89. The van der Waals surface area contributed by atoms with Gasteiger partial charge in [-0.05, 0) is 25.7 Å². The molecule has 0 amide bonds. The zero-order valence-corrected chi connectivity index (χ0v) is 8.19. The highest BCUT2D eigenvalue weighted by Crippen LogP contribution is 2.10. The largest absolute Gasteiger partial charge is 0.228 e. The van der Waals surface area contributed by atoms with E-state index in [0.29, 0.717) is 12.3 Å². The van der Waals surface area contributed by atoms with Gasteiger partial charge in [0, 0.05) is 0 Å². The Kier molecular flexibility index (Phi) is 4.03. The van der Waals surface area contributed by atoms with Crippen LogP contribution in [-0.4, -0.2) is 13.7 Å². The third-order valence-electron chi connectivity index (χ3n) is 1.71. The van der Waals surface area contributed by atoms with E-state index in [1.807, 2.05) is 0 Å². The van der Waals surface area contributed by atoms with Gasteiger partial charge in [-0.3, -0.25) is 0 Å². The molecule has 0 saturated heterocycles. The number of rotatable bonds is 4. The van der Waals surface area contributed by atoms with Crippen molar-refractivity contribution in [1.29, 1.82) is 0 Å². The standard InChI is InChI=1S/C7H17NO2S/c1-6(2)4-5-7(3)11(8,9)10/h6-7H,4-5H2,1-3H3,(H2,8,9,10). The summed E-state index contributed by atoms with van der Waals surface area (Å²) in [5.74, 6) is 0.541. The lowest BCUT2D eigenvalue weighted by Gasteiger charge is -2.09. The summed E-state index contributed by atoms with van der Waals surface area (Å²) in [7, 11) is -3.30. The van der Waals surface area contributed by atoms with Crippen molar-refractivity contribution >= 4 is 10.0 Å². The van der Waals surface area contributed by atoms with Crippen LogP contribution in [0.25, 0.3) is 0 Å². The second-order valence-corrected chi connectivity index (χ2v) is 5.35. The van der Waals surface area contributed by atoms with Gasteiger partial charge >= 0.3 is 0 Å². The molecule has 0 bridgehead atoms. The minimum atomic E-state index is -3.30. The maximum Gasteiger partial charge on any atom is 0.211 e. The normalized spacial score (nSPS) is 15.4. The van der Waals surface area contributed by atoms with Crippen molar-refractivity contribution in [3.8, 4) is 0 Å². The average molecular weight is 179 g/mol. The van der Waals surface area contributed by atoms with Crippen molar-refractivity contribution in [2.24, 2.45) is 11.1 Å². The van der Waals surface area contributed by atoms with Crippen LogP contribution in [0.15, 0.2) is 0 Å². The van der Waals surface area contributed by atoms with E-state index in [-0.39, 0.29) is 0 Å². The first-order chi connectivity index (χ1) is 4.84. The number of hydrogen-bond acceptors (Lipinski definition) is 2. The first-order valence-corrected chi connectivity index (χ1v) is 5.46. The topological polar surface area (TPSA) is 60.2 Å². The molecule has 0 aliphatic rings. The highest BCUT2D eigenvalue weighted by Gasteiger charge is 2.14. The average Bonchev–Trinajstić information content (AvgIpc) is 1.80. The van der Waals surface area contributed by atoms with E-state index < -0.39 is 15.3 Å².